The van der Waals surface area contributed by atoms with Gasteiger partial charge >= 0.3 is 0 Å². The van der Waals surface area contributed by atoms with E-state index in [9.17, 15) is 0 Å². The summed E-state index contributed by atoms with van der Waals surface area (Å²) in [5.41, 5.74) is 0. The molecule has 1 heteroatoms. The molecule has 15 heavy (non-hydrogen) atoms. The molecule has 0 amide bonds. The molecule has 0 aromatic heterocycles. The van der Waals surface area contributed by atoms with E-state index < -0.39 is 0 Å². The van der Waals surface area contributed by atoms with Crippen molar-refractivity contribution in [2.75, 3.05) is 6.54 Å². The third-order valence-electron chi connectivity index (χ3n) is 3.84. The predicted molar refractivity (Wildman–Crippen MR) is 68.1 cm³/mol. The van der Waals surface area contributed by atoms with Gasteiger partial charge in [-0.25, -0.2) is 0 Å². The van der Waals surface area contributed by atoms with E-state index >= 15 is 0 Å². The van der Waals surface area contributed by atoms with Crippen molar-refractivity contribution in [2.24, 2.45) is 11.8 Å². The molecule has 1 N–H and O–H groups in total. The van der Waals surface area contributed by atoms with Gasteiger partial charge < -0.3 is 5.32 Å². The van der Waals surface area contributed by atoms with Gasteiger partial charge in [0.1, 0.15) is 0 Å². The molecule has 0 heterocycles. The summed E-state index contributed by atoms with van der Waals surface area (Å²) in [6, 6.07) is 0.820. The lowest BCUT2D eigenvalue weighted by Crippen LogP contribution is -2.34. The summed E-state index contributed by atoms with van der Waals surface area (Å²) in [5, 5.41) is 3.79. The summed E-state index contributed by atoms with van der Waals surface area (Å²) in [7, 11) is 0. The van der Waals surface area contributed by atoms with Gasteiger partial charge in [0.2, 0.25) is 0 Å². The van der Waals surface area contributed by atoms with Gasteiger partial charge in [-0.05, 0) is 44.1 Å². The molecule has 1 rings (SSSR count). The largest absolute Gasteiger partial charge is 0.313 e. The molecule has 0 saturated heterocycles. The molecule has 1 aliphatic rings. The molecule has 0 radical (unpaired) electrons. The first-order chi connectivity index (χ1) is 7.31. The van der Waals surface area contributed by atoms with Crippen LogP contribution in [0.4, 0.5) is 0 Å². The highest BCUT2D eigenvalue weighted by Gasteiger charge is 2.29. The van der Waals surface area contributed by atoms with Crippen LogP contribution in [0.1, 0.15) is 65.7 Å². The molecule has 1 aliphatic carbocycles. The Morgan fingerprint density at radius 2 is 1.87 bits per heavy atom. The average Bonchev–Trinajstić information content (AvgIpc) is 3.07. The highest BCUT2D eigenvalue weighted by Crippen LogP contribution is 2.34. The topological polar surface area (TPSA) is 12.0 Å². The Morgan fingerprint density at radius 1 is 1.13 bits per heavy atom. The summed E-state index contributed by atoms with van der Waals surface area (Å²) >= 11 is 0. The van der Waals surface area contributed by atoms with Crippen molar-refractivity contribution in [2.45, 2.75) is 71.8 Å². The summed E-state index contributed by atoms with van der Waals surface area (Å²) in [5.74, 6) is 1.93. The van der Waals surface area contributed by atoms with Crippen molar-refractivity contribution in [3.8, 4) is 0 Å². The minimum Gasteiger partial charge on any atom is -0.313 e. The maximum Gasteiger partial charge on any atom is 0.00928 e. The quantitative estimate of drug-likeness (QED) is 0.608. The fraction of sp³-hybridized carbons (Fsp3) is 1.00. The molecular weight excluding hydrogens is 182 g/mol. The highest BCUT2D eigenvalue weighted by molar-refractivity contribution is 4.85. The van der Waals surface area contributed by atoms with Gasteiger partial charge in [-0.2, -0.15) is 0 Å². The molecule has 0 aromatic carbocycles. The second-order valence-corrected chi connectivity index (χ2v) is 5.18. The fourth-order valence-corrected chi connectivity index (χ4v) is 2.40. The van der Waals surface area contributed by atoms with Crippen LogP contribution in [0, 0.1) is 11.8 Å². The first-order valence-corrected chi connectivity index (χ1v) is 7.05. The van der Waals surface area contributed by atoms with Gasteiger partial charge in [-0.3, -0.25) is 0 Å². The van der Waals surface area contributed by atoms with Gasteiger partial charge in [-0.15, -0.1) is 0 Å². The molecule has 0 aromatic rings. The number of rotatable bonds is 9. The maximum absolute atomic E-state index is 3.79. The molecule has 2 atom stereocenters. The van der Waals surface area contributed by atoms with E-state index in [4.69, 9.17) is 0 Å². The van der Waals surface area contributed by atoms with Crippen molar-refractivity contribution in [1.82, 2.24) is 5.32 Å². The molecule has 90 valence electrons. The van der Waals surface area contributed by atoms with Gasteiger partial charge in [0.15, 0.2) is 0 Å². The molecule has 0 bridgehead atoms. The van der Waals surface area contributed by atoms with Crippen LogP contribution in [0.3, 0.4) is 0 Å². The summed E-state index contributed by atoms with van der Waals surface area (Å²) < 4.78 is 0. The van der Waals surface area contributed by atoms with Crippen LogP contribution in [0.25, 0.3) is 0 Å². The summed E-state index contributed by atoms with van der Waals surface area (Å²) in [6.45, 7) is 8.20. The zero-order valence-corrected chi connectivity index (χ0v) is 10.9. The van der Waals surface area contributed by atoms with Crippen molar-refractivity contribution in [3.63, 3.8) is 0 Å². The Kier molecular flexibility index (Phi) is 6.31. The van der Waals surface area contributed by atoms with Crippen LogP contribution in [0.2, 0.25) is 0 Å². The first kappa shape index (κ1) is 13.0. The summed E-state index contributed by atoms with van der Waals surface area (Å²) in [6.07, 6.45) is 9.76. The first-order valence-electron chi connectivity index (χ1n) is 7.05. The Hall–Kier alpha value is -0.0400. The van der Waals surface area contributed by atoms with Crippen molar-refractivity contribution in [1.29, 1.82) is 0 Å². The monoisotopic (exact) mass is 211 g/mol. The number of unbranched alkanes of at least 4 members (excludes halogenated alkanes) is 1. The Morgan fingerprint density at radius 3 is 2.33 bits per heavy atom. The Labute approximate surface area is 96.0 Å². The van der Waals surface area contributed by atoms with Gasteiger partial charge in [0.25, 0.3) is 0 Å². The number of nitrogens with one attached hydrogen (secondary N) is 1. The third-order valence-corrected chi connectivity index (χ3v) is 3.84. The number of hydrogen-bond acceptors (Lipinski definition) is 1. The lowest BCUT2D eigenvalue weighted by atomic mass is 9.98. The second kappa shape index (κ2) is 7.27. The smallest absolute Gasteiger partial charge is 0.00928 e. The van der Waals surface area contributed by atoms with Crippen LogP contribution in [-0.4, -0.2) is 12.6 Å². The van der Waals surface area contributed by atoms with E-state index in [0.717, 1.165) is 17.9 Å². The zero-order valence-electron chi connectivity index (χ0n) is 10.9. The fourth-order valence-electron chi connectivity index (χ4n) is 2.40. The Bertz CT molecular complexity index is 151. The molecule has 0 aliphatic heterocycles. The van der Waals surface area contributed by atoms with Crippen LogP contribution >= 0.6 is 0 Å². The Balaban J connectivity index is 2.13. The van der Waals surface area contributed by atoms with Gasteiger partial charge in [0.05, 0.1) is 0 Å². The average molecular weight is 211 g/mol. The maximum atomic E-state index is 3.79. The van der Waals surface area contributed by atoms with E-state index in [1.54, 1.807) is 0 Å². The minimum absolute atomic E-state index is 0.820. The zero-order chi connectivity index (χ0) is 11.1. The lowest BCUT2D eigenvalue weighted by molar-refractivity contribution is 0.365. The number of hydrogen-bond donors (Lipinski definition) is 1. The van der Waals surface area contributed by atoms with E-state index in [2.05, 4.69) is 26.1 Å². The van der Waals surface area contributed by atoms with Crippen LogP contribution in [-0.2, 0) is 0 Å². The molecule has 1 fully saturated rings. The molecule has 0 spiro atoms. The SMILES string of the molecule is CCCCC(CC)CNC(CC)C1CC1. The van der Waals surface area contributed by atoms with E-state index in [0.29, 0.717) is 0 Å². The third kappa shape index (κ3) is 5.01. The minimum atomic E-state index is 0.820. The van der Waals surface area contributed by atoms with Gasteiger partial charge in [0, 0.05) is 6.04 Å². The van der Waals surface area contributed by atoms with Gasteiger partial charge in [-0.1, -0.05) is 40.0 Å². The van der Waals surface area contributed by atoms with E-state index in [1.165, 1.54) is 51.5 Å². The van der Waals surface area contributed by atoms with E-state index in [1.807, 2.05) is 0 Å². The highest BCUT2D eigenvalue weighted by atomic mass is 14.9. The standard InChI is InChI=1S/C14H29N/c1-4-7-8-12(5-2)11-15-14(6-3)13-9-10-13/h12-15H,4-11H2,1-3H3. The summed E-state index contributed by atoms with van der Waals surface area (Å²) in [4.78, 5) is 0. The van der Waals surface area contributed by atoms with Crippen molar-refractivity contribution in [3.05, 3.63) is 0 Å². The molecule has 1 nitrogen and oxygen atoms in total. The molecular formula is C14H29N. The van der Waals surface area contributed by atoms with Crippen LogP contribution in [0.15, 0.2) is 0 Å². The normalized spacial score (nSPS) is 20.2. The molecule has 1 saturated carbocycles. The molecule has 2 unspecified atom stereocenters. The lowest BCUT2D eigenvalue weighted by Gasteiger charge is -2.21. The predicted octanol–water partition coefficient (Wildman–Crippen LogP) is 3.98. The van der Waals surface area contributed by atoms with Crippen LogP contribution in [0.5, 0.6) is 0 Å². The van der Waals surface area contributed by atoms with Crippen molar-refractivity contribution >= 4 is 0 Å². The van der Waals surface area contributed by atoms with Crippen molar-refractivity contribution < 1.29 is 0 Å². The van der Waals surface area contributed by atoms with Crippen LogP contribution < -0.4 is 5.32 Å². The second-order valence-electron chi connectivity index (χ2n) is 5.18. The van der Waals surface area contributed by atoms with E-state index in [-0.39, 0.29) is 0 Å².